The zero-order chi connectivity index (χ0) is 24.1. The zero-order valence-corrected chi connectivity index (χ0v) is 19.5. The number of nitrogens with zero attached hydrogens (tertiary/aromatic N) is 1. The number of fused-ring (bicyclic) bond motifs is 3. The smallest absolute Gasteiger partial charge is 0.407 e. The van der Waals surface area contributed by atoms with E-state index in [0.29, 0.717) is 19.5 Å². The second-order valence-corrected chi connectivity index (χ2v) is 9.10. The molecule has 2 aromatic rings. The van der Waals surface area contributed by atoms with Crippen LogP contribution >= 0.6 is 0 Å². The lowest BCUT2D eigenvalue weighted by Gasteiger charge is -2.34. The van der Waals surface area contributed by atoms with E-state index in [1.807, 2.05) is 24.3 Å². The molecule has 2 amide bonds. The average molecular weight is 465 g/mol. The molecule has 2 aliphatic carbocycles. The van der Waals surface area contributed by atoms with E-state index in [0.717, 1.165) is 30.4 Å². The van der Waals surface area contributed by atoms with Crippen molar-refractivity contribution in [2.24, 2.45) is 11.8 Å². The van der Waals surface area contributed by atoms with E-state index in [4.69, 9.17) is 9.84 Å². The van der Waals surface area contributed by atoms with E-state index in [9.17, 15) is 14.4 Å². The minimum atomic E-state index is -1.01. The van der Waals surface area contributed by atoms with Gasteiger partial charge in [-0.15, -0.1) is 0 Å². The maximum atomic E-state index is 13.0. The van der Waals surface area contributed by atoms with Crippen molar-refractivity contribution in [2.75, 3.05) is 26.2 Å². The Balaban J connectivity index is 1.34. The van der Waals surface area contributed by atoms with Crippen LogP contribution in [-0.2, 0) is 14.3 Å². The molecule has 34 heavy (non-hydrogen) atoms. The third kappa shape index (κ3) is 5.08. The van der Waals surface area contributed by atoms with E-state index in [2.05, 4.69) is 29.6 Å². The van der Waals surface area contributed by atoms with Crippen molar-refractivity contribution >= 4 is 18.0 Å². The number of aliphatic carboxylic acids is 1. The Kier molecular flexibility index (Phi) is 7.50. The zero-order valence-electron chi connectivity index (χ0n) is 19.5. The van der Waals surface area contributed by atoms with Crippen LogP contribution < -0.4 is 5.32 Å². The van der Waals surface area contributed by atoms with Crippen molar-refractivity contribution in [3.63, 3.8) is 0 Å². The molecule has 0 aliphatic heterocycles. The molecular formula is C27H32N2O5. The Labute approximate surface area is 200 Å². The Morgan fingerprint density at radius 2 is 1.62 bits per heavy atom. The van der Waals surface area contributed by atoms with Gasteiger partial charge < -0.3 is 20.1 Å². The van der Waals surface area contributed by atoms with Gasteiger partial charge in [-0.3, -0.25) is 9.59 Å². The highest BCUT2D eigenvalue weighted by molar-refractivity contribution is 5.83. The fraction of sp³-hybridized carbons (Fsp3) is 0.444. The van der Waals surface area contributed by atoms with Gasteiger partial charge in [0, 0.05) is 24.9 Å². The second-order valence-electron chi connectivity index (χ2n) is 9.10. The third-order valence-corrected chi connectivity index (χ3v) is 7.10. The van der Waals surface area contributed by atoms with Crippen molar-refractivity contribution < 1.29 is 24.2 Å². The Morgan fingerprint density at radius 1 is 1.00 bits per heavy atom. The minimum absolute atomic E-state index is 0.00344. The van der Waals surface area contributed by atoms with Crippen molar-refractivity contribution in [2.45, 2.75) is 38.5 Å². The van der Waals surface area contributed by atoms with E-state index < -0.39 is 12.1 Å². The first-order valence-corrected chi connectivity index (χ1v) is 12.1. The van der Waals surface area contributed by atoms with E-state index in [1.54, 1.807) is 6.92 Å². The first-order chi connectivity index (χ1) is 16.5. The van der Waals surface area contributed by atoms with Crippen LogP contribution in [0.1, 0.15) is 49.7 Å². The largest absolute Gasteiger partial charge is 0.480 e. The number of alkyl carbamates (subject to hydrolysis) is 1. The van der Waals surface area contributed by atoms with Crippen molar-refractivity contribution in [3.8, 4) is 11.1 Å². The SMILES string of the molecule is CCN(CC(=O)O)C(=O)[C@@H]1CCCC[C@@H]1CNC(=O)OCC1c2ccccc2-c2ccccc21. The highest BCUT2D eigenvalue weighted by Gasteiger charge is 2.34. The average Bonchev–Trinajstić information content (AvgIpc) is 3.18. The molecule has 0 bridgehead atoms. The van der Waals surface area contributed by atoms with Gasteiger partial charge in [0.25, 0.3) is 0 Å². The minimum Gasteiger partial charge on any atom is -0.480 e. The molecule has 2 aliphatic rings. The summed E-state index contributed by atoms with van der Waals surface area (Å²) in [5.41, 5.74) is 4.68. The topological polar surface area (TPSA) is 95.9 Å². The van der Waals surface area contributed by atoms with Gasteiger partial charge >= 0.3 is 12.1 Å². The summed E-state index contributed by atoms with van der Waals surface area (Å²) >= 11 is 0. The standard InChI is InChI=1S/C27H32N2O5/c1-2-29(16-25(30)31)26(32)19-10-4-3-9-18(19)15-28-27(33)34-17-24-22-13-7-5-11-20(22)21-12-6-8-14-23(21)24/h5-8,11-14,18-19,24H,2-4,9-10,15-17H2,1H3,(H,28,33)(H,30,31)/t18-,19-/m1/s1. The fourth-order valence-corrected chi connectivity index (χ4v) is 5.38. The van der Waals surface area contributed by atoms with Gasteiger partial charge in [0.2, 0.25) is 5.91 Å². The molecule has 2 N–H and O–H groups in total. The van der Waals surface area contributed by atoms with Crippen LogP contribution in [0.25, 0.3) is 11.1 Å². The van der Waals surface area contributed by atoms with Crippen molar-refractivity contribution in [1.29, 1.82) is 0 Å². The molecule has 4 rings (SSSR count). The molecule has 0 aromatic heterocycles. The number of benzene rings is 2. The Hall–Kier alpha value is -3.35. The molecule has 0 spiro atoms. The monoisotopic (exact) mass is 464 g/mol. The van der Waals surface area contributed by atoms with Gasteiger partial charge in [-0.1, -0.05) is 61.4 Å². The summed E-state index contributed by atoms with van der Waals surface area (Å²) in [6.45, 7) is 2.44. The number of likely N-dealkylation sites (N-methyl/N-ethyl adjacent to an activating group) is 1. The lowest BCUT2D eigenvalue weighted by molar-refractivity contribution is -0.147. The molecule has 0 heterocycles. The lowest BCUT2D eigenvalue weighted by atomic mass is 9.78. The first kappa shape index (κ1) is 23.8. The van der Waals surface area contributed by atoms with Crippen molar-refractivity contribution in [1.82, 2.24) is 10.2 Å². The van der Waals surface area contributed by atoms with Gasteiger partial charge in [0.05, 0.1) is 0 Å². The van der Waals surface area contributed by atoms with E-state index in [1.165, 1.54) is 16.0 Å². The Morgan fingerprint density at radius 3 is 2.24 bits per heavy atom. The summed E-state index contributed by atoms with van der Waals surface area (Å²) in [6, 6.07) is 16.4. The number of carboxylic acids is 1. The maximum absolute atomic E-state index is 13.0. The maximum Gasteiger partial charge on any atom is 0.407 e. The number of ether oxygens (including phenoxy) is 1. The number of carbonyl (C=O) groups is 3. The summed E-state index contributed by atoms with van der Waals surface area (Å²) in [4.78, 5) is 38.1. The predicted molar refractivity (Wildman–Crippen MR) is 128 cm³/mol. The summed E-state index contributed by atoms with van der Waals surface area (Å²) in [5, 5.41) is 12.0. The lowest BCUT2D eigenvalue weighted by Crippen LogP contribution is -2.45. The molecule has 1 fully saturated rings. The van der Waals surface area contributed by atoms with E-state index >= 15 is 0 Å². The van der Waals surface area contributed by atoms with Crippen LogP contribution in [0, 0.1) is 11.8 Å². The number of carbonyl (C=O) groups excluding carboxylic acids is 2. The molecule has 0 radical (unpaired) electrons. The summed E-state index contributed by atoms with van der Waals surface area (Å²) in [5.74, 6) is -1.45. The normalized spacial score (nSPS) is 19.1. The molecule has 2 aromatic carbocycles. The number of amides is 2. The van der Waals surface area contributed by atoms with Gasteiger partial charge in [0.15, 0.2) is 0 Å². The number of hydrogen-bond donors (Lipinski definition) is 2. The molecule has 1 saturated carbocycles. The molecule has 0 saturated heterocycles. The number of hydrogen-bond acceptors (Lipinski definition) is 4. The number of rotatable bonds is 8. The predicted octanol–water partition coefficient (Wildman–Crippen LogP) is 4.26. The van der Waals surface area contributed by atoms with Gasteiger partial charge in [-0.2, -0.15) is 0 Å². The third-order valence-electron chi connectivity index (χ3n) is 7.10. The number of carboxylic acid groups (broad SMARTS) is 1. The van der Waals surface area contributed by atoms with Gasteiger partial charge in [0.1, 0.15) is 13.2 Å². The van der Waals surface area contributed by atoms with Crippen LogP contribution in [0.15, 0.2) is 48.5 Å². The number of nitrogens with one attached hydrogen (secondary N) is 1. The highest BCUT2D eigenvalue weighted by Crippen LogP contribution is 2.44. The van der Waals surface area contributed by atoms with Gasteiger partial charge in [-0.05, 0) is 47.9 Å². The molecule has 7 nitrogen and oxygen atoms in total. The molecule has 0 unspecified atom stereocenters. The van der Waals surface area contributed by atoms with Crippen LogP contribution in [-0.4, -0.2) is 54.2 Å². The molecule has 180 valence electrons. The molecule has 7 heteroatoms. The summed E-state index contributed by atoms with van der Waals surface area (Å²) in [6.07, 6.45) is 2.97. The van der Waals surface area contributed by atoms with Crippen molar-refractivity contribution in [3.05, 3.63) is 59.7 Å². The van der Waals surface area contributed by atoms with Crippen LogP contribution in [0.3, 0.4) is 0 Å². The quantitative estimate of drug-likeness (QED) is 0.608. The first-order valence-electron chi connectivity index (χ1n) is 12.1. The Bertz CT molecular complexity index is 1010. The van der Waals surface area contributed by atoms with Crippen LogP contribution in [0.5, 0.6) is 0 Å². The van der Waals surface area contributed by atoms with E-state index in [-0.39, 0.29) is 36.8 Å². The summed E-state index contributed by atoms with van der Waals surface area (Å²) in [7, 11) is 0. The highest BCUT2D eigenvalue weighted by atomic mass is 16.5. The van der Waals surface area contributed by atoms with Gasteiger partial charge in [-0.25, -0.2) is 4.79 Å². The van der Waals surface area contributed by atoms with Crippen LogP contribution in [0.2, 0.25) is 0 Å². The fourth-order valence-electron chi connectivity index (χ4n) is 5.38. The van der Waals surface area contributed by atoms with Crippen LogP contribution in [0.4, 0.5) is 4.79 Å². The molecule has 2 atom stereocenters. The summed E-state index contributed by atoms with van der Waals surface area (Å²) < 4.78 is 5.62. The molecular weight excluding hydrogens is 432 g/mol. The second kappa shape index (κ2) is 10.7.